The SMILES string of the molecule is CC(C)(C)OC(=O)N1CC[C@@H](n2nc(-c3ccc(N)cc3)c3c(N)ncnc32)C1.CC(C)(C)OC(=O)N1CC[C@@H](n2nc(-c3ccc([N+](=O)[O-])cc3)c3c(N)ncnc32)C1.Nc1ncnc2n[nH]c(-c3ccc([N+](=O)[O-])cc3)c12. The second kappa shape index (κ2) is 21.5. The smallest absolute Gasteiger partial charge is 0.410 e. The van der Waals surface area contributed by atoms with E-state index in [4.69, 9.17) is 42.6 Å². The van der Waals surface area contributed by atoms with Crippen molar-refractivity contribution in [3.63, 3.8) is 0 Å². The van der Waals surface area contributed by atoms with Gasteiger partial charge in [-0.15, -0.1) is 0 Å². The van der Waals surface area contributed by atoms with Gasteiger partial charge in [0.25, 0.3) is 11.4 Å². The molecule has 6 aromatic heterocycles. The number of aromatic nitrogens is 12. The molecule has 408 valence electrons. The summed E-state index contributed by atoms with van der Waals surface area (Å²) in [6.45, 7) is 13.1. The molecule has 2 aliphatic rings. The highest BCUT2D eigenvalue weighted by Gasteiger charge is 2.35. The Morgan fingerprint density at radius 3 is 1.38 bits per heavy atom. The Kier molecular flexibility index (Phi) is 14.6. The molecule has 0 saturated carbocycles. The first-order chi connectivity index (χ1) is 37.5. The number of fused-ring (bicyclic) bond motifs is 3. The van der Waals surface area contributed by atoms with E-state index in [2.05, 4.69) is 40.1 Å². The number of nitrogens with two attached hydrogens (primary N) is 4. The number of carbonyl (C=O) groups is 2. The number of carbonyl (C=O) groups excluding carboxylic acids is 2. The van der Waals surface area contributed by atoms with Gasteiger partial charge in [0.2, 0.25) is 0 Å². The lowest BCUT2D eigenvalue weighted by Gasteiger charge is -2.24. The number of benzene rings is 3. The Hall–Kier alpha value is -10.2. The minimum Gasteiger partial charge on any atom is -0.444 e. The first-order valence-electron chi connectivity index (χ1n) is 24.8. The van der Waals surface area contributed by atoms with Gasteiger partial charge in [-0.2, -0.15) is 15.3 Å². The predicted molar refractivity (Wildman–Crippen MR) is 293 cm³/mol. The molecule has 9 N–H and O–H groups in total. The number of hydrogen-bond acceptors (Lipinski definition) is 21. The fourth-order valence-corrected chi connectivity index (χ4v) is 8.99. The number of nitrogens with zero attached hydrogens (tertiary/aromatic N) is 15. The zero-order valence-corrected chi connectivity index (χ0v) is 43.8. The Morgan fingerprint density at radius 1 is 0.570 bits per heavy atom. The molecule has 0 bridgehead atoms. The van der Waals surface area contributed by atoms with Crippen LogP contribution in [0.5, 0.6) is 0 Å². The number of hydrogen-bond donors (Lipinski definition) is 5. The maximum Gasteiger partial charge on any atom is 0.410 e. The quantitative estimate of drug-likeness (QED) is 0.0585. The Bertz CT molecular complexity index is 3740. The van der Waals surface area contributed by atoms with Crippen LogP contribution in [0, 0.1) is 20.2 Å². The zero-order valence-electron chi connectivity index (χ0n) is 43.8. The van der Waals surface area contributed by atoms with Gasteiger partial charge in [0.1, 0.15) is 59.0 Å². The van der Waals surface area contributed by atoms with Gasteiger partial charge in [-0.25, -0.2) is 48.9 Å². The number of non-ortho nitro benzene ring substituents is 2. The van der Waals surface area contributed by atoms with E-state index in [1.807, 2.05) is 70.5 Å². The van der Waals surface area contributed by atoms with Crippen LogP contribution in [-0.2, 0) is 9.47 Å². The molecule has 8 heterocycles. The van der Waals surface area contributed by atoms with Crippen LogP contribution in [0.15, 0.2) is 91.8 Å². The molecule has 3 aromatic carbocycles. The standard InChI is InChI=1S/C20H23N7O4.C20H25N7O2.C11H8N6O2/c1-20(2,3)31-19(28)25-9-8-14(10-25)26-18-15(17(21)22-11-23-18)16(24-26)12-4-6-13(7-5-12)27(29)30;1-20(2,3)29-19(28)26-9-8-14(10-26)27-18-15(17(22)23-11-24-18)16(25-27)12-4-6-13(21)7-5-12;12-10-8-9(15-16-11(8)14-5-13-10)6-1-3-7(4-2-6)17(18)19/h4-7,11,14H,8-10H2,1-3H3,(H2,21,22,23);4-7,11,14H,8-10,21H2,1-3H3,(H2,22,23,24);1-5H,(H3,12,13,14,15,16)/t2*14-;/m11./s1. The highest BCUT2D eigenvalue weighted by molar-refractivity contribution is 6.00. The van der Waals surface area contributed by atoms with Crippen LogP contribution in [0.25, 0.3) is 66.9 Å². The second-order valence-corrected chi connectivity index (χ2v) is 20.5. The number of nitrogen functional groups attached to an aromatic ring is 4. The fourth-order valence-electron chi connectivity index (χ4n) is 8.99. The van der Waals surface area contributed by atoms with Gasteiger partial charge in [0.05, 0.1) is 43.8 Å². The average Bonchev–Trinajstić information content (AvgIpc) is 4.48. The summed E-state index contributed by atoms with van der Waals surface area (Å²) in [4.78, 5) is 73.8. The molecule has 0 radical (unpaired) electrons. The number of ether oxygens (including phenoxy) is 2. The van der Waals surface area contributed by atoms with E-state index >= 15 is 0 Å². The topological polar surface area (TPSA) is 391 Å². The molecule has 0 spiro atoms. The molecule has 28 nitrogen and oxygen atoms in total. The maximum atomic E-state index is 12.4. The van der Waals surface area contributed by atoms with Crippen LogP contribution in [0.1, 0.15) is 66.5 Å². The molecule has 79 heavy (non-hydrogen) atoms. The largest absolute Gasteiger partial charge is 0.444 e. The van der Waals surface area contributed by atoms with E-state index < -0.39 is 21.0 Å². The second-order valence-electron chi connectivity index (χ2n) is 20.5. The van der Waals surface area contributed by atoms with E-state index in [1.165, 1.54) is 43.2 Å². The van der Waals surface area contributed by atoms with Crippen molar-refractivity contribution in [2.45, 2.75) is 77.7 Å². The number of amides is 2. The van der Waals surface area contributed by atoms with Gasteiger partial charge in [0.15, 0.2) is 16.9 Å². The molecule has 9 aromatic rings. The van der Waals surface area contributed by atoms with Crippen LogP contribution in [0.3, 0.4) is 0 Å². The highest BCUT2D eigenvalue weighted by Crippen LogP contribution is 2.37. The lowest BCUT2D eigenvalue weighted by atomic mass is 10.1. The highest BCUT2D eigenvalue weighted by atomic mass is 16.6. The molecule has 0 unspecified atom stereocenters. The number of H-pyrrole nitrogens is 1. The number of likely N-dealkylation sites (tertiary alicyclic amines) is 2. The summed E-state index contributed by atoms with van der Waals surface area (Å²) >= 11 is 0. The number of anilines is 4. The molecular formula is C51H56N20O8. The van der Waals surface area contributed by atoms with Crippen LogP contribution < -0.4 is 22.9 Å². The molecule has 2 amide bonds. The number of nitro groups is 2. The molecule has 2 aliphatic heterocycles. The maximum absolute atomic E-state index is 12.4. The predicted octanol–water partition coefficient (Wildman–Crippen LogP) is 7.52. The summed E-state index contributed by atoms with van der Waals surface area (Å²) in [6, 6.07) is 19.5. The fraction of sp³-hybridized carbons (Fsp3) is 0.314. The van der Waals surface area contributed by atoms with Crippen molar-refractivity contribution >= 4 is 79.8 Å². The van der Waals surface area contributed by atoms with Crippen LogP contribution in [0.2, 0.25) is 0 Å². The summed E-state index contributed by atoms with van der Waals surface area (Å²) < 4.78 is 14.6. The Labute approximate surface area is 449 Å². The molecule has 28 heteroatoms. The number of rotatable bonds is 7. The van der Waals surface area contributed by atoms with Gasteiger partial charge in [-0.05, 0) is 90.8 Å². The minimum atomic E-state index is -0.571. The monoisotopic (exact) mass is 1080 g/mol. The third-order valence-corrected chi connectivity index (χ3v) is 12.6. The summed E-state index contributed by atoms with van der Waals surface area (Å²) in [5.41, 5.74) is 29.3. The van der Waals surface area contributed by atoms with Crippen molar-refractivity contribution < 1.29 is 28.9 Å². The van der Waals surface area contributed by atoms with E-state index in [1.54, 1.807) is 38.7 Å². The summed E-state index contributed by atoms with van der Waals surface area (Å²) in [7, 11) is 0. The number of nitro benzene ring substituents is 2. The summed E-state index contributed by atoms with van der Waals surface area (Å²) in [5.74, 6) is 0.953. The van der Waals surface area contributed by atoms with E-state index in [9.17, 15) is 29.8 Å². The average molecular weight is 1080 g/mol. The zero-order chi connectivity index (χ0) is 56.5. The molecule has 0 aliphatic carbocycles. The first-order valence-corrected chi connectivity index (χ1v) is 24.8. The van der Waals surface area contributed by atoms with Gasteiger partial charge in [0, 0.05) is 72.8 Å². The third kappa shape index (κ3) is 11.7. The van der Waals surface area contributed by atoms with E-state index in [0.29, 0.717) is 106 Å². The molecule has 2 saturated heterocycles. The molecule has 2 fully saturated rings. The Morgan fingerprint density at radius 2 is 0.962 bits per heavy atom. The number of aromatic amines is 1. The van der Waals surface area contributed by atoms with Crippen molar-refractivity contribution in [1.82, 2.24) is 69.5 Å². The summed E-state index contributed by atoms with van der Waals surface area (Å²) in [5, 5.41) is 39.9. The van der Waals surface area contributed by atoms with Crippen molar-refractivity contribution in [2.75, 3.05) is 49.1 Å². The van der Waals surface area contributed by atoms with Gasteiger partial charge < -0.3 is 42.2 Å². The van der Waals surface area contributed by atoms with Gasteiger partial charge in [-0.3, -0.25) is 25.3 Å². The first kappa shape index (κ1) is 53.7. The molecule has 2 atom stereocenters. The summed E-state index contributed by atoms with van der Waals surface area (Å²) in [6.07, 6.45) is 4.89. The lowest BCUT2D eigenvalue weighted by molar-refractivity contribution is -0.385. The van der Waals surface area contributed by atoms with Crippen molar-refractivity contribution in [1.29, 1.82) is 0 Å². The van der Waals surface area contributed by atoms with E-state index in [-0.39, 0.29) is 41.5 Å². The molecular weight excluding hydrogens is 1020 g/mol. The Balaban J connectivity index is 0.000000148. The van der Waals surface area contributed by atoms with Crippen molar-refractivity contribution in [2.24, 2.45) is 0 Å². The van der Waals surface area contributed by atoms with Crippen molar-refractivity contribution in [3.05, 3.63) is 112 Å². The minimum absolute atomic E-state index is 0.0134. The van der Waals surface area contributed by atoms with Gasteiger partial charge >= 0.3 is 12.2 Å². The normalized spacial score (nSPS) is 15.4. The lowest BCUT2D eigenvalue weighted by Crippen LogP contribution is -2.35. The third-order valence-electron chi connectivity index (χ3n) is 12.6. The molecule has 11 rings (SSSR count). The van der Waals surface area contributed by atoms with Gasteiger partial charge in [-0.1, -0.05) is 12.1 Å². The van der Waals surface area contributed by atoms with Crippen LogP contribution in [-0.4, -0.2) is 129 Å². The van der Waals surface area contributed by atoms with Crippen molar-refractivity contribution in [3.8, 4) is 33.8 Å². The van der Waals surface area contributed by atoms with Crippen LogP contribution in [0.4, 0.5) is 44.1 Å². The number of nitrogens with one attached hydrogen (secondary N) is 1. The van der Waals surface area contributed by atoms with E-state index in [0.717, 1.165) is 17.5 Å². The van der Waals surface area contributed by atoms with Crippen LogP contribution >= 0.6 is 0 Å².